The summed E-state index contributed by atoms with van der Waals surface area (Å²) in [4.78, 5) is 11.6. The van der Waals surface area contributed by atoms with Gasteiger partial charge < -0.3 is 15.8 Å². The molecule has 1 aliphatic carbocycles. The summed E-state index contributed by atoms with van der Waals surface area (Å²) in [5.74, 6) is 0.234. The van der Waals surface area contributed by atoms with Crippen molar-refractivity contribution in [1.82, 2.24) is 5.32 Å². The molecule has 1 aliphatic rings. The molecule has 5 heteroatoms. The molecule has 0 heterocycles. The van der Waals surface area contributed by atoms with Crippen molar-refractivity contribution in [2.24, 2.45) is 17.6 Å². The molecule has 1 fully saturated rings. The van der Waals surface area contributed by atoms with Gasteiger partial charge in [0, 0.05) is 13.2 Å². The monoisotopic (exact) mass is 230 g/mol. The molecule has 0 bridgehead atoms. The van der Waals surface area contributed by atoms with Gasteiger partial charge in [-0.1, -0.05) is 12.2 Å². The van der Waals surface area contributed by atoms with Crippen molar-refractivity contribution in [2.45, 2.75) is 19.8 Å². The fourth-order valence-electron chi connectivity index (χ4n) is 1.06. The average molecular weight is 230 g/mol. The number of hydrogen-bond acceptors (Lipinski definition) is 3. The molecule has 1 rings (SSSR count). The Morgan fingerprint density at radius 1 is 1.67 bits per heavy atom. The topological polar surface area (TPSA) is 64.3 Å². The smallest absolute Gasteiger partial charge is 0.229 e. The molecule has 1 saturated carbocycles. The lowest BCUT2D eigenvalue weighted by Crippen LogP contribution is -2.37. The van der Waals surface area contributed by atoms with Gasteiger partial charge in [0.25, 0.3) is 0 Å². The zero-order valence-corrected chi connectivity index (χ0v) is 9.81. The third-order valence-corrected chi connectivity index (χ3v) is 2.77. The normalized spacial score (nSPS) is 17.1. The maximum absolute atomic E-state index is 11.4. The molecule has 3 N–H and O–H groups in total. The van der Waals surface area contributed by atoms with E-state index >= 15 is 0 Å². The van der Waals surface area contributed by atoms with Crippen LogP contribution < -0.4 is 11.1 Å². The van der Waals surface area contributed by atoms with Crippen LogP contribution >= 0.6 is 12.2 Å². The van der Waals surface area contributed by atoms with E-state index in [4.69, 9.17) is 22.7 Å². The first-order valence-corrected chi connectivity index (χ1v) is 5.67. The minimum atomic E-state index is -0.400. The summed E-state index contributed by atoms with van der Waals surface area (Å²) in [6, 6.07) is 0. The molecule has 15 heavy (non-hydrogen) atoms. The van der Waals surface area contributed by atoms with Crippen molar-refractivity contribution in [3.05, 3.63) is 0 Å². The Kier molecular flexibility index (Phi) is 4.98. The largest absolute Gasteiger partial charge is 0.393 e. The van der Waals surface area contributed by atoms with Crippen molar-refractivity contribution in [2.75, 3.05) is 19.8 Å². The van der Waals surface area contributed by atoms with Gasteiger partial charge in [-0.25, -0.2) is 0 Å². The molecule has 0 spiro atoms. The lowest BCUT2D eigenvalue weighted by atomic mass is 10.2. The lowest BCUT2D eigenvalue weighted by Gasteiger charge is -2.10. The lowest BCUT2D eigenvalue weighted by molar-refractivity contribution is -0.122. The zero-order valence-electron chi connectivity index (χ0n) is 8.99. The maximum atomic E-state index is 11.4. The average Bonchev–Trinajstić information content (AvgIpc) is 2.99. The summed E-state index contributed by atoms with van der Waals surface area (Å²) < 4.78 is 5.37. The summed E-state index contributed by atoms with van der Waals surface area (Å²) in [7, 11) is 0. The first-order valence-electron chi connectivity index (χ1n) is 5.26. The first-order chi connectivity index (χ1) is 7.11. The molecule has 0 aromatic rings. The highest BCUT2D eigenvalue weighted by Gasteiger charge is 2.21. The van der Waals surface area contributed by atoms with Crippen LogP contribution in [0.4, 0.5) is 0 Å². The predicted molar refractivity (Wildman–Crippen MR) is 62.5 cm³/mol. The number of carbonyl (C=O) groups is 1. The highest BCUT2D eigenvalue weighted by molar-refractivity contribution is 7.80. The van der Waals surface area contributed by atoms with E-state index in [-0.39, 0.29) is 10.9 Å². The van der Waals surface area contributed by atoms with Crippen molar-refractivity contribution in [3.8, 4) is 0 Å². The number of rotatable bonds is 7. The van der Waals surface area contributed by atoms with E-state index in [0.29, 0.717) is 13.2 Å². The highest BCUT2D eigenvalue weighted by atomic mass is 32.1. The van der Waals surface area contributed by atoms with Gasteiger partial charge in [0.05, 0.1) is 17.5 Å². The molecule has 86 valence electrons. The summed E-state index contributed by atoms with van der Waals surface area (Å²) >= 11 is 4.72. The van der Waals surface area contributed by atoms with Crippen molar-refractivity contribution >= 4 is 23.1 Å². The van der Waals surface area contributed by atoms with Crippen LogP contribution in [0.1, 0.15) is 19.8 Å². The second kappa shape index (κ2) is 6.02. The van der Waals surface area contributed by atoms with Gasteiger partial charge in [-0.15, -0.1) is 0 Å². The van der Waals surface area contributed by atoms with Gasteiger partial charge in [0.15, 0.2) is 0 Å². The van der Waals surface area contributed by atoms with E-state index in [2.05, 4.69) is 5.32 Å². The molecule has 4 nitrogen and oxygen atoms in total. The van der Waals surface area contributed by atoms with Gasteiger partial charge in [0.1, 0.15) is 0 Å². The number of carbonyl (C=O) groups excluding carboxylic acids is 1. The van der Waals surface area contributed by atoms with Crippen LogP contribution in [0.2, 0.25) is 0 Å². The standard InChI is InChI=1S/C10H18N2O2S/c1-7(9(11)15)10(13)12-4-5-14-6-8-2-3-8/h7-8H,2-6H2,1H3,(H2,11,15)(H,12,13). The summed E-state index contributed by atoms with van der Waals surface area (Å²) in [6.45, 7) is 3.61. The number of ether oxygens (including phenoxy) is 1. The van der Waals surface area contributed by atoms with Gasteiger partial charge in [-0.3, -0.25) is 4.79 Å². The van der Waals surface area contributed by atoms with E-state index < -0.39 is 5.92 Å². The van der Waals surface area contributed by atoms with Crippen LogP contribution in [0.5, 0.6) is 0 Å². The number of thiocarbonyl (C=S) groups is 1. The Morgan fingerprint density at radius 3 is 2.87 bits per heavy atom. The van der Waals surface area contributed by atoms with E-state index in [9.17, 15) is 4.79 Å². The van der Waals surface area contributed by atoms with E-state index in [1.165, 1.54) is 12.8 Å². The summed E-state index contributed by atoms with van der Waals surface area (Å²) in [5, 5.41) is 2.73. The second-order valence-electron chi connectivity index (χ2n) is 3.93. The van der Waals surface area contributed by atoms with E-state index in [0.717, 1.165) is 12.5 Å². The van der Waals surface area contributed by atoms with Gasteiger partial charge in [0.2, 0.25) is 5.91 Å². The molecule has 0 radical (unpaired) electrons. The van der Waals surface area contributed by atoms with Gasteiger partial charge in [-0.2, -0.15) is 0 Å². The van der Waals surface area contributed by atoms with Gasteiger partial charge >= 0.3 is 0 Å². The Balaban J connectivity index is 1.97. The number of nitrogens with one attached hydrogen (secondary N) is 1. The molecule has 0 aromatic heterocycles. The SMILES string of the molecule is CC(C(=O)NCCOCC1CC1)C(N)=S. The van der Waals surface area contributed by atoms with Gasteiger partial charge in [-0.05, 0) is 25.7 Å². The molecule has 1 amide bonds. The van der Waals surface area contributed by atoms with Crippen LogP contribution in [0, 0.1) is 11.8 Å². The minimum Gasteiger partial charge on any atom is -0.393 e. The number of hydrogen-bond donors (Lipinski definition) is 2. The maximum Gasteiger partial charge on any atom is 0.229 e. The zero-order chi connectivity index (χ0) is 11.3. The van der Waals surface area contributed by atoms with E-state index in [1.807, 2.05) is 0 Å². The predicted octanol–water partition coefficient (Wildman–Crippen LogP) is 0.451. The van der Waals surface area contributed by atoms with Crippen LogP contribution in [-0.4, -0.2) is 30.7 Å². The van der Waals surface area contributed by atoms with Crippen molar-refractivity contribution < 1.29 is 9.53 Å². The minimum absolute atomic E-state index is 0.127. The number of amides is 1. The molecule has 1 atom stereocenters. The number of nitrogens with two attached hydrogens (primary N) is 1. The third kappa shape index (κ3) is 5.09. The molecule has 0 aromatic carbocycles. The Morgan fingerprint density at radius 2 is 2.33 bits per heavy atom. The Labute approximate surface area is 95.5 Å². The Hall–Kier alpha value is -0.680. The molecule has 0 aliphatic heterocycles. The Bertz CT molecular complexity index is 242. The third-order valence-electron chi connectivity index (χ3n) is 2.42. The second-order valence-corrected chi connectivity index (χ2v) is 4.40. The molecule has 0 saturated heterocycles. The summed E-state index contributed by atoms with van der Waals surface area (Å²) in [6.07, 6.45) is 2.57. The van der Waals surface area contributed by atoms with Crippen LogP contribution in [-0.2, 0) is 9.53 Å². The fraction of sp³-hybridized carbons (Fsp3) is 0.800. The first kappa shape index (κ1) is 12.4. The van der Waals surface area contributed by atoms with Crippen LogP contribution in [0.15, 0.2) is 0 Å². The van der Waals surface area contributed by atoms with Crippen LogP contribution in [0.3, 0.4) is 0 Å². The van der Waals surface area contributed by atoms with E-state index in [1.54, 1.807) is 6.92 Å². The van der Waals surface area contributed by atoms with Crippen molar-refractivity contribution in [1.29, 1.82) is 0 Å². The molecular weight excluding hydrogens is 212 g/mol. The molecule has 1 unspecified atom stereocenters. The summed E-state index contributed by atoms with van der Waals surface area (Å²) in [5.41, 5.74) is 5.35. The molecular formula is C10H18N2O2S. The highest BCUT2D eigenvalue weighted by Crippen LogP contribution is 2.28. The fourth-order valence-corrected chi connectivity index (χ4v) is 1.17. The van der Waals surface area contributed by atoms with Crippen molar-refractivity contribution in [3.63, 3.8) is 0 Å². The quantitative estimate of drug-likeness (QED) is 0.492. The van der Waals surface area contributed by atoms with Crippen LogP contribution in [0.25, 0.3) is 0 Å².